The van der Waals surface area contributed by atoms with Gasteiger partial charge in [-0.2, -0.15) is 0 Å². The van der Waals surface area contributed by atoms with Gasteiger partial charge in [-0.1, -0.05) is 23.7 Å². The maximum Gasteiger partial charge on any atom is 0.234 e. The monoisotopic (exact) mass is 268 g/mol. The van der Waals surface area contributed by atoms with Crippen molar-refractivity contribution < 1.29 is 4.79 Å². The molecule has 1 aromatic rings. The van der Waals surface area contributed by atoms with E-state index in [1.807, 2.05) is 45.9 Å². The lowest BCUT2D eigenvalue weighted by Gasteiger charge is -2.20. The number of carbonyl (C=O) groups is 1. The third-order valence-electron chi connectivity index (χ3n) is 2.37. The van der Waals surface area contributed by atoms with Gasteiger partial charge in [-0.3, -0.25) is 4.79 Å². The molecule has 0 aliphatic carbocycles. The number of benzene rings is 1. The Morgan fingerprint density at radius 3 is 2.56 bits per heavy atom. The molecule has 1 aromatic carbocycles. The van der Waals surface area contributed by atoms with E-state index in [0.717, 1.165) is 16.1 Å². The number of nitrogens with one attached hydrogen (secondary N) is 2. The third-order valence-corrected chi connectivity index (χ3v) is 2.77. The average molecular weight is 269 g/mol. The summed E-state index contributed by atoms with van der Waals surface area (Å²) >= 11 is 6.04. The van der Waals surface area contributed by atoms with Crippen LogP contribution in [0.15, 0.2) is 18.2 Å². The zero-order valence-corrected chi connectivity index (χ0v) is 12.2. The minimum atomic E-state index is -0.189. The van der Waals surface area contributed by atoms with Gasteiger partial charge in [0.2, 0.25) is 5.91 Å². The molecule has 0 fully saturated rings. The molecule has 4 heteroatoms. The van der Waals surface area contributed by atoms with Gasteiger partial charge in [-0.25, -0.2) is 0 Å². The molecule has 100 valence electrons. The Bertz CT molecular complexity index is 424. The van der Waals surface area contributed by atoms with Crippen molar-refractivity contribution in [2.45, 2.75) is 39.8 Å². The molecular formula is C14H21ClN2O. The molecule has 1 rings (SSSR count). The fourth-order valence-electron chi connectivity index (χ4n) is 1.53. The molecule has 3 nitrogen and oxygen atoms in total. The van der Waals surface area contributed by atoms with Crippen LogP contribution >= 0.6 is 11.6 Å². The minimum Gasteiger partial charge on any atom is -0.350 e. The second-order valence-corrected chi connectivity index (χ2v) is 5.89. The van der Waals surface area contributed by atoms with E-state index in [0.29, 0.717) is 13.1 Å². The lowest BCUT2D eigenvalue weighted by atomic mass is 10.1. The van der Waals surface area contributed by atoms with Crippen molar-refractivity contribution in [3.05, 3.63) is 34.3 Å². The number of rotatable bonds is 4. The Kier molecular flexibility index (Phi) is 5.17. The number of amides is 1. The summed E-state index contributed by atoms with van der Waals surface area (Å²) in [5.41, 5.74) is 1.95. The normalized spacial score (nSPS) is 11.4. The Balaban J connectivity index is 2.38. The zero-order valence-electron chi connectivity index (χ0n) is 11.4. The van der Waals surface area contributed by atoms with Gasteiger partial charge in [0.15, 0.2) is 0 Å². The summed E-state index contributed by atoms with van der Waals surface area (Å²) in [5.74, 6) is 0.000656. The average Bonchev–Trinajstić information content (AvgIpc) is 2.20. The molecular weight excluding hydrogens is 248 g/mol. The maximum atomic E-state index is 11.6. The van der Waals surface area contributed by atoms with E-state index in [1.165, 1.54) is 0 Å². The van der Waals surface area contributed by atoms with Crippen molar-refractivity contribution >= 4 is 17.5 Å². The van der Waals surface area contributed by atoms with Gasteiger partial charge < -0.3 is 10.6 Å². The van der Waals surface area contributed by atoms with Gasteiger partial charge in [0, 0.05) is 17.1 Å². The lowest BCUT2D eigenvalue weighted by Crippen LogP contribution is -2.44. The Morgan fingerprint density at radius 1 is 1.33 bits per heavy atom. The van der Waals surface area contributed by atoms with E-state index < -0.39 is 0 Å². The quantitative estimate of drug-likeness (QED) is 0.882. The first-order valence-corrected chi connectivity index (χ1v) is 6.42. The number of hydrogen-bond acceptors (Lipinski definition) is 2. The summed E-state index contributed by atoms with van der Waals surface area (Å²) < 4.78 is 0. The van der Waals surface area contributed by atoms with E-state index in [4.69, 9.17) is 11.6 Å². The first kappa shape index (κ1) is 15.0. The second-order valence-electron chi connectivity index (χ2n) is 5.49. The van der Waals surface area contributed by atoms with Crippen LogP contribution in [0.2, 0.25) is 5.02 Å². The summed E-state index contributed by atoms with van der Waals surface area (Å²) in [7, 11) is 0. The molecule has 0 spiro atoms. The fourth-order valence-corrected chi connectivity index (χ4v) is 1.73. The van der Waals surface area contributed by atoms with Crippen LogP contribution in [-0.2, 0) is 11.3 Å². The van der Waals surface area contributed by atoms with Crippen LogP contribution < -0.4 is 10.6 Å². The van der Waals surface area contributed by atoms with Crippen LogP contribution in [0, 0.1) is 6.92 Å². The Morgan fingerprint density at radius 2 is 2.00 bits per heavy atom. The van der Waals surface area contributed by atoms with Gasteiger partial charge in [-0.05, 0) is 44.9 Å². The molecule has 2 N–H and O–H groups in total. The summed E-state index contributed by atoms with van der Waals surface area (Å²) in [6.07, 6.45) is 0. The smallest absolute Gasteiger partial charge is 0.234 e. The predicted octanol–water partition coefficient (Wildman–Crippen LogP) is 2.65. The second kappa shape index (κ2) is 6.21. The Labute approximate surface area is 114 Å². The number of aryl methyl sites for hydroxylation is 1. The first-order valence-electron chi connectivity index (χ1n) is 6.05. The number of carbonyl (C=O) groups excluding carboxylic acids is 1. The SMILES string of the molecule is Cc1ccc(CNCC(=O)NC(C)(C)C)cc1Cl. The van der Waals surface area contributed by atoms with Crippen molar-refractivity contribution in [3.8, 4) is 0 Å². The van der Waals surface area contributed by atoms with Crippen LogP contribution in [0.5, 0.6) is 0 Å². The summed E-state index contributed by atoms with van der Waals surface area (Å²) in [6, 6.07) is 5.91. The molecule has 0 bridgehead atoms. The molecule has 0 unspecified atom stereocenters. The molecule has 0 aromatic heterocycles. The Hall–Kier alpha value is -1.06. The highest BCUT2D eigenvalue weighted by atomic mass is 35.5. The van der Waals surface area contributed by atoms with Gasteiger partial charge >= 0.3 is 0 Å². The van der Waals surface area contributed by atoms with E-state index in [1.54, 1.807) is 0 Å². The standard InChI is InChI=1S/C14H21ClN2O/c1-10-5-6-11(7-12(10)15)8-16-9-13(18)17-14(2,3)4/h5-7,16H,8-9H2,1-4H3,(H,17,18). The van der Waals surface area contributed by atoms with E-state index in [2.05, 4.69) is 10.6 Å². The highest BCUT2D eigenvalue weighted by Gasteiger charge is 2.12. The molecule has 1 amide bonds. The molecule has 18 heavy (non-hydrogen) atoms. The predicted molar refractivity (Wildman–Crippen MR) is 75.8 cm³/mol. The van der Waals surface area contributed by atoms with Crippen LogP contribution in [0.1, 0.15) is 31.9 Å². The molecule has 0 saturated carbocycles. The van der Waals surface area contributed by atoms with Crippen molar-refractivity contribution in [1.82, 2.24) is 10.6 Å². The summed E-state index contributed by atoms with van der Waals surface area (Å²) in [4.78, 5) is 11.6. The third kappa shape index (κ3) is 5.52. The van der Waals surface area contributed by atoms with Crippen molar-refractivity contribution in [2.75, 3.05) is 6.54 Å². The van der Waals surface area contributed by atoms with E-state index in [9.17, 15) is 4.79 Å². The zero-order chi connectivity index (χ0) is 13.8. The van der Waals surface area contributed by atoms with Crippen molar-refractivity contribution in [2.24, 2.45) is 0 Å². The fraction of sp³-hybridized carbons (Fsp3) is 0.500. The highest BCUT2D eigenvalue weighted by molar-refractivity contribution is 6.31. The molecule has 0 aliphatic rings. The molecule has 0 heterocycles. The lowest BCUT2D eigenvalue weighted by molar-refractivity contribution is -0.121. The molecule has 0 atom stereocenters. The van der Waals surface area contributed by atoms with Gasteiger partial charge in [0.1, 0.15) is 0 Å². The van der Waals surface area contributed by atoms with Gasteiger partial charge in [0.25, 0.3) is 0 Å². The summed E-state index contributed by atoms with van der Waals surface area (Å²) in [5, 5.41) is 6.76. The van der Waals surface area contributed by atoms with Crippen LogP contribution in [0.3, 0.4) is 0 Å². The van der Waals surface area contributed by atoms with Crippen LogP contribution in [0.4, 0.5) is 0 Å². The molecule has 0 saturated heterocycles. The topological polar surface area (TPSA) is 41.1 Å². The van der Waals surface area contributed by atoms with Crippen LogP contribution in [0.25, 0.3) is 0 Å². The molecule has 0 aliphatic heterocycles. The first-order chi connectivity index (χ1) is 8.28. The molecule has 0 radical (unpaired) electrons. The summed E-state index contributed by atoms with van der Waals surface area (Å²) in [6.45, 7) is 8.80. The number of hydrogen-bond donors (Lipinski definition) is 2. The van der Waals surface area contributed by atoms with Crippen molar-refractivity contribution in [3.63, 3.8) is 0 Å². The number of halogens is 1. The highest BCUT2D eigenvalue weighted by Crippen LogP contribution is 2.16. The maximum absolute atomic E-state index is 11.6. The van der Waals surface area contributed by atoms with E-state index in [-0.39, 0.29) is 11.4 Å². The van der Waals surface area contributed by atoms with E-state index >= 15 is 0 Å². The van der Waals surface area contributed by atoms with Crippen molar-refractivity contribution in [1.29, 1.82) is 0 Å². The minimum absolute atomic E-state index is 0.000656. The van der Waals surface area contributed by atoms with Crippen LogP contribution in [-0.4, -0.2) is 18.0 Å². The van der Waals surface area contributed by atoms with Gasteiger partial charge in [-0.15, -0.1) is 0 Å². The largest absolute Gasteiger partial charge is 0.350 e. The van der Waals surface area contributed by atoms with Gasteiger partial charge in [0.05, 0.1) is 6.54 Å².